The molecular formula is C18H39N3O3. The van der Waals surface area contributed by atoms with Crippen LogP contribution in [0.5, 0.6) is 0 Å². The number of rotatable bonds is 12. The van der Waals surface area contributed by atoms with Gasteiger partial charge in [0.15, 0.2) is 0 Å². The summed E-state index contributed by atoms with van der Waals surface area (Å²) in [6.07, 6.45) is 0. The highest BCUT2D eigenvalue weighted by atomic mass is 16.5. The second-order valence-electron chi connectivity index (χ2n) is 6.12. The van der Waals surface area contributed by atoms with E-state index in [4.69, 9.17) is 14.2 Å². The molecule has 0 amide bonds. The van der Waals surface area contributed by atoms with E-state index >= 15 is 0 Å². The van der Waals surface area contributed by atoms with Gasteiger partial charge in [-0.3, -0.25) is 14.7 Å². The number of hydrogen-bond acceptors (Lipinski definition) is 6. The Hall–Kier alpha value is -0.240. The van der Waals surface area contributed by atoms with E-state index in [9.17, 15) is 0 Å². The van der Waals surface area contributed by atoms with Crippen LogP contribution in [0, 0.1) is 0 Å². The topological polar surface area (TPSA) is 37.4 Å². The normalized spacial score (nSPS) is 19.1. The SMILES string of the molecule is CCOCCN1CCN(CCOCC)CCN(CCOCC)CC1. The van der Waals surface area contributed by atoms with E-state index in [0.29, 0.717) is 0 Å². The first-order valence-electron chi connectivity index (χ1n) is 9.70. The summed E-state index contributed by atoms with van der Waals surface area (Å²) in [5.41, 5.74) is 0. The van der Waals surface area contributed by atoms with Gasteiger partial charge in [0.05, 0.1) is 19.8 Å². The Labute approximate surface area is 149 Å². The van der Waals surface area contributed by atoms with Crippen LogP contribution >= 0.6 is 0 Å². The largest absolute Gasteiger partial charge is 0.380 e. The summed E-state index contributed by atoms with van der Waals surface area (Å²) in [6.45, 7) is 20.8. The van der Waals surface area contributed by atoms with E-state index in [1.54, 1.807) is 0 Å². The predicted molar refractivity (Wildman–Crippen MR) is 98.8 cm³/mol. The molecule has 0 bridgehead atoms. The lowest BCUT2D eigenvalue weighted by atomic mass is 10.4. The Morgan fingerprint density at radius 1 is 0.500 bits per heavy atom. The number of nitrogens with zero attached hydrogens (tertiary/aromatic N) is 3. The summed E-state index contributed by atoms with van der Waals surface area (Å²) in [5, 5.41) is 0. The molecular weight excluding hydrogens is 306 g/mol. The van der Waals surface area contributed by atoms with Crippen molar-refractivity contribution in [3.05, 3.63) is 0 Å². The maximum atomic E-state index is 5.54. The number of ether oxygens (including phenoxy) is 3. The summed E-state index contributed by atoms with van der Waals surface area (Å²) in [4.78, 5) is 7.59. The molecule has 1 rings (SSSR count). The minimum atomic E-state index is 0.800. The molecule has 1 aliphatic rings. The lowest BCUT2D eigenvalue weighted by Gasteiger charge is -2.25. The van der Waals surface area contributed by atoms with Crippen molar-refractivity contribution in [1.29, 1.82) is 0 Å². The smallest absolute Gasteiger partial charge is 0.0593 e. The highest BCUT2D eigenvalue weighted by Crippen LogP contribution is 2.01. The molecule has 24 heavy (non-hydrogen) atoms. The molecule has 0 aromatic rings. The summed E-state index contributed by atoms with van der Waals surface area (Å²) >= 11 is 0. The summed E-state index contributed by atoms with van der Waals surface area (Å²) in [7, 11) is 0. The molecule has 6 heteroatoms. The second-order valence-corrected chi connectivity index (χ2v) is 6.12. The Balaban J connectivity index is 2.47. The van der Waals surface area contributed by atoms with Crippen LogP contribution in [0.4, 0.5) is 0 Å². The molecule has 0 radical (unpaired) electrons. The van der Waals surface area contributed by atoms with Crippen molar-refractivity contribution in [2.24, 2.45) is 0 Å². The van der Waals surface area contributed by atoms with Crippen LogP contribution in [0.2, 0.25) is 0 Å². The predicted octanol–water partition coefficient (Wildman–Crippen LogP) is 1.02. The summed E-state index contributed by atoms with van der Waals surface area (Å²) in [6, 6.07) is 0. The molecule has 0 aromatic heterocycles. The molecule has 1 saturated heterocycles. The van der Waals surface area contributed by atoms with Crippen molar-refractivity contribution in [1.82, 2.24) is 14.7 Å². The van der Waals surface area contributed by atoms with Crippen LogP contribution in [-0.4, -0.2) is 113 Å². The van der Waals surface area contributed by atoms with Gasteiger partial charge in [-0.05, 0) is 20.8 Å². The quantitative estimate of drug-likeness (QED) is 0.492. The molecule has 0 spiro atoms. The lowest BCUT2D eigenvalue weighted by Crippen LogP contribution is -2.38. The molecule has 144 valence electrons. The van der Waals surface area contributed by atoms with Crippen LogP contribution in [-0.2, 0) is 14.2 Å². The average molecular weight is 346 g/mol. The van der Waals surface area contributed by atoms with Gasteiger partial charge in [0.1, 0.15) is 0 Å². The van der Waals surface area contributed by atoms with E-state index in [2.05, 4.69) is 35.5 Å². The van der Waals surface area contributed by atoms with E-state index in [-0.39, 0.29) is 0 Å². The van der Waals surface area contributed by atoms with E-state index in [1.807, 2.05) is 0 Å². The van der Waals surface area contributed by atoms with E-state index in [0.717, 1.165) is 98.5 Å². The van der Waals surface area contributed by atoms with Crippen molar-refractivity contribution in [2.75, 3.05) is 98.5 Å². The molecule has 0 atom stereocenters. The fraction of sp³-hybridized carbons (Fsp3) is 1.00. The van der Waals surface area contributed by atoms with Gasteiger partial charge in [0.2, 0.25) is 0 Å². The zero-order valence-corrected chi connectivity index (χ0v) is 16.2. The van der Waals surface area contributed by atoms with E-state index in [1.165, 1.54) is 0 Å². The molecule has 1 fully saturated rings. The molecule has 0 N–H and O–H groups in total. The van der Waals surface area contributed by atoms with Gasteiger partial charge >= 0.3 is 0 Å². The van der Waals surface area contributed by atoms with Crippen molar-refractivity contribution < 1.29 is 14.2 Å². The van der Waals surface area contributed by atoms with Gasteiger partial charge in [0, 0.05) is 78.7 Å². The van der Waals surface area contributed by atoms with Gasteiger partial charge in [0.25, 0.3) is 0 Å². The Morgan fingerprint density at radius 3 is 0.958 bits per heavy atom. The average Bonchev–Trinajstić information content (AvgIpc) is 2.68. The first-order chi connectivity index (χ1) is 11.8. The highest BCUT2D eigenvalue weighted by Gasteiger charge is 2.16. The fourth-order valence-corrected chi connectivity index (χ4v) is 2.87. The third-order valence-corrected chi connectivity index (χ3v) is 4.47. The van der Waals surface area contributed by atoms with Crippen molar-refractivity contribution in [3.8, 4) is 0 Å². The number of hydrogen-bond donors (Lipinski definition) is 0. The van der Waals surface area contributed by atoms with Crippen LogP contribution in [0.25, 0.3) is 0 Å². The minimum absolute atomic E-state index is 0.800. The molecule has 0 aromatic carbocycles. The van der Waals surface area contributed by atoms with Gasteiger partial charge in [-0.1, -0.05) is 0 Å². The zero-order valence-electron chi connectivity index (χ0n) is 16.2. The van der Waals surface area contributed by atoms with E-state index < -0.39 is 0 Å². The van der Waals surface area contributed by atoms with Gasteiger partial charge < -0.3 is 14.2 Å². The summed E-state index contributed by atoms with van der Waals surface area (Å²) in [5.74, 6) is 0. The van der Waals surface area contributed by atoms with Crippen LogP contribution in [0.3, 0.4) is 0 Å². The zero-order chi connectivity index (χ0) is 17.5. The van der Waals surface area contributed by atoms with Gasteiger partial charge in [-0.25, -0.2) is 0 Å². The minimum Gasteiger partial charge on any atom is -0.380 e. The molecule has 0 saturated carbocycles. The lowest BCUT2D eigenvalue weighted by molar-refractivity contribution is 0.0971. The van der Waals surface area contributed by atoms with Crippen LogP contribution in [0.15, 0.2) is 0 Å². The van der Waals surface area contributed by atoms with Crippen molar-refractivity contribution in [3.63, 3.8) is 0 Å². The van der Waals surface area contributed by atoms with Crippen molar-refractivity contribution >= 4 is 0 Å². The Kier molecular flexibility index (Phi) is 13.7. The molecule has 1 heterocycles. The van der Waals surface area contributed by atoms with Crippen molar-refractivity contribution in [2.45, 2.75) is 20.8 Å². The second kappa shape index (κ2) is 15.0. The molecule has 0 aliphatic carbocycles. The van der Waals surface area contributed by atoms with Crippen LogP contribution in [0.1, 0.15) is 20.8 Å². The fourth-order valence-electron chi connectivity index (χ4n) is 2.87. The maximum Gasteiger partial charge on any atom is 0.0593 e. The van der Waals surface area contributed by atoms with Gasteiger partial charge in [-0.15, -0.1) is 0 Å². The first kappa shape index (κ1) is 21.8. The maximum absolute atomic E-state index is 5.54. The highest BCUT2D eigenvalue weighted by molar-refractivity contribution is 4.71. The standard InChI is InChI=1S/C18H39N3O3/c1-4-22-16-13-19-7-9-20(14-17-23-5-2)11-12-21(10-8-19)15-18-24-6-3/h4-18H2,1-3H3. The Morgan fingerprint density at radius 2 is 0.750 bits per heavy atom. The van der Waals surface area contributed by atoms with Crippen LogP contribution < -0.4 is 0 Å². The Bertz CT molecular complexity index is 227. The van der Waals surface area contributed by atoms with Gasteiger partial charge in [-0.2, -0.15) is 0 Å². The molecule has 0 unspecified atom stereocenters. The molecule has 6 nitrogen and oxygen atoms in total. The third kappa shape index (κ3) is 10.6. The summed E-state index contributed by atoms with van der Waals surface area (Å²) < 4.78 is 16.6. The third-order valence-electron chi connectivity index (χ3n) is 4.47. The first-order valence-corrected chi connectivity index (χ1v) is 9.70. The molecule has 1 aliphatic heterocycles. The monoisotopic (exact) mass is 345 g/mol.